The van der Waals surface area contributed by atoms with E-state index >= 15 is 0 Å². The highest BCUT2D eigenvalue weighted by Gasteiger charge is 2.14. The van der Waals surface area contributed by atoms with Gasteiger partial charge in [0.2, 0.25) is 0 Å². The third-order valence-corrected chi connectivity index (χ3v) is 13.5. The first-order valence-electron chi connectivity index (χ1n) is 24.5. The summed E-state index contributed by atoms with van der Waals surface area (Å²) in [6.07, 6.45) is 0. The van der Waals surface area contributed by atoms with Gasteiger partial charge in [-0.3, -0.25) is 0 Å². The molecule has 0 bridgehead atoms. The van der Waals surface area contributed by atoms with Crippen LogP contribution in [0.25, 0.3) is 123 Å². The molecule has 0 saturated heterocycles. The second-order valence-electron chi connectivity index (χ2n) is 18.2. The third-order valence-electron chi connectivity index (χ3n) is 13.5. The van der Waals surface area contributed by atoms with Crippen molar-refractivity contribution in [1.29, 1.82) is 0 Å². The highest BCUT2D eigenvalue weighted by molar-refractivity contribution is 5.82. The number of hydrogen-bond donors (Lipinski definition) is 0. The summed E-state index contributed by atoms with van der Waals surface area (Å²) in [7, 11) is 0. The molecule has 11 aromatic carbocycles. The van der Waals surface area contributed by atoms with Crippen LogP contribution in [0.2, 0.25) is 0 Å². The summed E-state index contributed by atoms with van der Waals surface area (Å²) in [5.74, 6) is 0.676. The molecule has 0 N–H and O–H groups in total. The summed E-state index contributed by atoms with van der Waals surface area (Å²) >= 11 is 0. The normalized spacial score (nSPS) is 11.1. The van der Waals surface area contributed by atoms with Crippen molar-refractivity contribution in [2.24, 2.45) is 0 Å². The zero-order chi connectivity index (χ0) is 48.1. The molecule has 0 amide bonds. The van der Waals surface area contributed by atoms with E-state index in [-0.39, 0.29) is 0 Å². The van der Waals surface area contributed by atoms with E-state index in [2.05, 4.69) is 291 Å². The first kappa shape index (κ1) is 43.8. The van der Waals surface area contributed by atoms with Gasteiger partial charge in [-0.25, -0.2) is 9.97 Å². The van der Waals surface area contributed by atoms with E-state index in [1.54, 1.807) is 0 Å². The van der Waals surface area contributed by atoms with Gasteiger partial charge < -0.3 is 0 Å². The Bertz CT molecular complexity index is 3620. The van der Waals surface area contributed by atoms with Gasteiger partial charge in [-0.2, -0.15) is 0 Å². The molecule has 0 spiro atoms. The zero-order valence-corrected chi connectivity index (χ0v) is 39.6. The Hall–Kier alpha value is -9.50. The van der Waals surface area contributed by atoms with E-state index in [9.17, 15) is 0 Å². The van der Waals surface area contributed by atoms with Gasteiger partial charge in [0.1, 0.15) is 0 Å². The minimum Gasteiger partial charge on any atom is -0.228 e. The van der Waals surface area contributed by atoms with Crippen LogP contribution in [-0.2, 0) is 0 Å². The predicted molar refractivity (Wildman–Crippen MR) is 302 cm³/mol. The van der Waals surface area contributed by atoms with Crippen LogP contribution in [0.15, 0.2) is 291 Å². The molecular weight excluding hydrogens is 869 g/mol. The Morgan fingerprint density at radius 2 is 0.333 bits per heavy atom. The number of aromatic nitrogens is 2. The van der Waals surface area contributed by atoms with Crippen molar-refractivity contribution < 1.29 is 0 Å². The third kappa shape index (κ3) is 9.46. The Kier molecular flexibility index (Phi) is 12.1. The summed E-state index contributed by atoms with van der Waals surface area (Å²) in [5.41, 5.74) is 23.6. The summed E-state index contributed by atoms with van der Waals surface area (Å²) < 4.78 is 0. The molecule has 0 aliphatic carbocycles. The van der Waals surface area contributed by atoms with Crippen molar-refractivity contribution in [2.75, 3.05) is 0 Å². The number of benzene rings is 11. The fourth-order valence-electron chi connectivity index (χ4n) is 9.63. The van der Waals surface area contributed by atoms with Crippen molar-refractivity contribution in [3.05, 3.63) is 291 Å². The molecule has 12 aromatic rings. The second kappa shape index (κ2) is 19.8. The van der Waals surface area contributed by atoms with E-state index in [0.717, 1.165) is 55.9 Å². The van der Waals surface area contributed by atoms with Gasteiger partial charge in [-0.15, -0.1) is 0 Å². The summed E-state index contributed by atoms with van der Waals surface area (Å²) in [4.78, 5) is 10.5. The monoisotopic (exact) mass is 916 g/mol. The van der Waals surface area contributed by atoms with E-state index in [1.165, 1.54) is 61.2 Å². The molecule has 0 saturated carbocycles. The molecule has 0 aliphatic heterocycles. The molecule has 1 aromatic heterocycles. The van der Waals surface area contributed by atoms with Crippen LogP contribution in [0.4, 0.5) is 0 Å². The molecule has 2 nitrogen and oxygen atoms in total. The first-order chi connectivity index (χ1) is 35.6. The van der Waals surface area contributed by atoms with Gasteiger partial charge in [0.25, 0.3) is 0 Å². The lowest BCUT2D eigenvalue weighted by atomic mass is 9.95. The number of nitrogens with zero attached hydrogens (tertiary/aromatic N) is 2. The quantitative estimate of drug-likeness (QED) is 0.129. The van der Waals surface area contributed by atoms with E-state index in [4.69, 9.17) is 9.97 Å². The lowest BCUT2D eigenvalue weighted by Crippen LogP contribution is -1.96. The molecule has 0 aliphatic rings. The lowest BCUT2D eigenvalue weighted by molar-refractivity contribution is 1.18. The van der Waals surface area contributed by atoms with Crippen LogP contribution in [0.1, 0.15) is 0 Å². The fourth-order valence-corrected chi connectivity index (χ4v) is 9.63. The highest BCUT2D eigenvalue weighted by atomic mass is 14.9. The molecule has 0 radical (unpaired) electrons. The Morgan fingerprint density at radius 1 is 0.139 bits per heavy atom. The van der Waals surface area contributed by atoms with Crippen molar-refractivity contribution in [2.45, 2.75) is 0 Å². The summed E-state index contributed by atoms with van der Waals surface area (Å²) in [6, 6.07) is 104. The van der Waals surface area contributed by atoms with Gasteiger partial charge in [0, 0.05) is 16.7 Å². The van der Waals surface area contributed by atoms with Crippen LogP contribution in [-0.4, -0.2) is 9.97 Å². The van der Waals surface area contributed by atoms with Crippen LogP contribution < -0.4 is 0 Å². The van der Waals surface area contributed by atoms with E-state index in [0.29, 0.717) is 5.82 Å². The van der Waals surface area contributed by atoms with E-state index < -0.39 is 0 Å². The van der Waals surface area contributed by atoms with Gasteiger partial charge in [0.05, 0.1) is 11.4 Å². The second-order valence-corrected chi connectivity index (χ2v) is 18.2. The Labute approximate surface area is 421 Å². The van der Waals surface area contributed by atoms with Crippen LogP contribution in [0.3, 0.4) is 0 Å². The average molecular weight is 917 g/mol. The smallest absolute Gasteiger partial charge is 0.160 e. The first-order valence-corrected chi connectivity index (χ1v) is 24.5. The minimum atomic E-state index is 0.676. The van der Waals surface area contributed by atoms with Gasteiger partial charge in [-0.1, -0.05) is 255 Å². The Balaban J connectivity index is 0.867. The maximum absolute atomic E-state index is 5.27. The topological polar surface area (TPSA) is 25.8 Å². The van der Waals surface area contributed by atoms with Gasteiger partial charge in [-0.05, 0) is 125 Å². The summed E-state index contributed by atoms with van der Waals surface area (Å²) in [5, 5.41) is 0. The molecule has 12 rings (SSSR count). The Morgan fingerprint density at radius 3 is 0.597 bits per heavy atom. The van der Waals surface area contributed by atoms with Crippen LogP contribution in [0.5, 0.6) is 0 Å². The molecule has 1 heterocycles. The standard InChI is InChI=1S/C70H48N2/c1-4-15-49(16-5-1)58-21-10-24-61(43-58)52-31-37-55(38-32-52)68-48-69(56-39-33-53(34-40-56)62-25-13-29-66(46-62)64-27-11-22-59(44-64)50-17-6-2-7-18-50)72-70(71-68)57-41-35-54(36-42-57)63-26-14-30-67(47-63)65-28-12-23-60(45-65)51-19-8-3-9-20-51/h1-48H. The van der Waals surface area contributed by atoms with E-state index in [1.807, 2.05) is 0 Å². The molecule has 338 valence electrons. The highest BCUT2D eigenvalue weighted by Crippen LogP contribution is 2.36. The van der Waals surface area contributed by atoms with Crippen LogP contribution >= 0.6 is 0 Å². The van der Waals surface area contributed by atoms with Gasteiger partial charge in [0.15, 0.2) is 5.82 Å². The minimum absolute atomic E-state index is 0.676. The lowest BCUT2D eigenvalue weighted by Gasteiger charge is -2.12. The fraction of sp³-hybridized carbons (Fsp3) is 0. The maximum atomic E-state index is 5.27. The molecule has 0 fully saturated rings. The average Bonchev–Trinajstić information content (AvgIpc) is 3.48. The number of hydrogen-bond acceptors (Lipinski definition) is 2. The van der Waals surface area contributed by atoms with Gasteiger partial charge >= 0.3 is 0 Å². The van der Waals surface area contributed by atoms with Crippen molar-refractivity contribution in [3.63, 3.8) is 0 Å². The number of rotatable bonds is 11. The van der Waals surface area contributed by atoms with Crippen LogP contribution in [0, 0.1) is 0 Å². The largest absolute Gasteiger partial charge is 0.228 e. The molecule has 0 atom stereocenters. The molecule has 0 unspecified atom stereocenters. The maximum Gasteiger partial charge on any atom is 0.160 e. The van der Waals surface area contributed by atoms with Crippen molar-refractivity contribution >= 4 is 0 Å². The van der Waals surface area contributed by atoms with Crippen molar-refractivity contribution in [3.8, 4) is 123 Å². The SMILES string of the molecule is c1ccc(-c2cccc(-c3ccc(-c4cc(-c5ccc(-c6cccc(-c7cccc(-c8ccccc8)c7)c6)cc5)nc(-c5ccc(-c6cccc(-c7cccc(-c8ccccc8)c7)c6)cc5)n4)cc3)c2)cc1. The predicted octanol–water partition coefficient (Wildman–Crippen LogP) is 18.8. The summed E-state index contributed by atoms with van der Waals surface area (Å²) in [6.45, 7) is 0. The van der Waals surface area contributed by atoms with Crippen molar-refractivity contribution in [1.82, 2.24) is 9.97 Å². The molecule has 72 heavy (non-hydrogen) atoms. The zero-order valence-electron chi connectivity index (χ0n) is 39.6. The molecular formula is C70H48N2. The molecule has 2 heteroatoms.